The molecule has 1 aliphatic heterocycles. The number of likely N-dealkylation sites (tertiary alicyclic amines) is 1. The lowest BCUT2D eigenvalue weighted by atomic mass is 10.1. The molecule has 118 valence electrons. The van der Waals surface area contributed by atoms with E-state index in [0.717, 1.165) is 35.5 Å². The maximum Gasteiger partial charge on any atom is 0.228 e. The Balaban J connectivity index is 1.82. The molecular formula is C16H20ClN3OS. The maximum absolute atomic E-state index is 12.7. The van der Waals surface area contributed by atoms with E-state index in [2.05, 4.69) is 18.1 Å². The number of nitrogens with zero attached hydrogens (tertiary/aromatic N) is 3. The average Bonchev–Trinajstić information content (AvgIpc) is 3.12. The summed E-state index contributed by atoms with van der Waals surface area (Å²) in [5, 5.41) is 5.03. The van der Waals surface area contributed by atoms with Gasteiger partial charge in [-0.2, -0.15) is 5.10 Å². The molecule has 2 aromatic heterocycles. The second kappa shape index (κ2) is 6.05. The molecule has 3 heterocycles. The number of aromatic nitrogens is 2. The van der Waals surface area contributed by atoms with Crippen LogP contribution in [0.25, 0.3) is 0 Å². The van der Waals surface area contributed by atoms with Gasteiger partial charge in [0.2, 0.25) is 5.91 Å². The third-order valence-corrected chi connectivity index (χ3v) is 5.67. The number of thiophene rings is 1. The van der Waals surface area contributed by atoms with Crippen LogP contribution in [0.15, 0.2) is 12.1 Å². The number of hydrogen-bond donors (Lipinski definition) is 0. The average molecular weight is 338 g/mol. The Labute approximate surface area is 139 Å². The lowest BCUT2D eigenvalue weighted by molar-refractivity contribution is -0.131. The van der Waals surface area contributed by atoms with Gasteiger partial charge in [-0.3, -0.25) is 9.48 Å². The zero-order valence-electron chi connectivity index (χ0n) is 13.1. The van der Waals surface area contributed by atoms with Crippen LogP contribution in [-0.4, -0.2) is 27.1 Å². The molecule has 2 aromatic rings. The number of aryl methyl sites for hydroxylation is 3. The summed E-state index contributed by atoms with van der Waals surface area (Å²) in [5.41, 5.74) is 1.93. The third kappa shape index (κ3) is 2.79. The first-order valence-electron chi connectivity index (χ1n) is 7.51. The summed E-state index contributed by atoms with van der Waals surface area (Å²) in [5.74, 6) is 0.184. The van der Waals surface area contributed by atoms with Crippen LogP contribution in [-0.2, 0) is 18.3 Å². The molecule has 0 aromatic carbocycles. The van der Waals surface area contributed by atoms with Crippen molar-refractivity contribution in [3.05, 3.63) is 38.3 Å². The Morgan fingerprint density at radius 3 is 2.82 bits per heavy atom. The van der Waals surface area contributed by atoms with Crippen LogP contribution in [0.4, 0.5) is 0 Å². The highest BCUT2D eigenvalue weighted by Crippen LogP contribution is 2.37. The van der Waals surface area contributed by atoms with Gasteiger partial charge in [-0.05, 0) is 38.8 Å². The van der Waals surface area contributed by atoms with E-state index in [4.69, 9.17) is 11.6 Å². The van der Waals surface area contributed by atoms with Gasteiger partial charge < -0.3 is 4.90 Å². The van der Waals surface area contributed by atoms with Crippen LogP contribution in [0.2, 0.25) is 5.15 Å². The lowest BCUT2D eigenvalue weighted by Gasteiger charge is -2.25. The van der Waals surface area contributed by atoms with Crippen molar-refractivity contribution in [2.24, 2.45) is 7.05 Å². The first-order valence-corrected chi connectivity index (χ1v) is 8.70. The number of hydrogen-bond acceptors (Lipinski definition) is 3. The van der Waals surface area contributed by atoms with Crippen LogP contribution >= 0.6 is 22.9 Å². The Morgan fingerprint density at radius 2 is 2.23 bits per heavy atom. The monoisotopic (exact) mass is 337 g/mol. The van der Waals surface area contributed by atoms with Gasteiger partial charge in [-0.25, -0.2) is 0 Å². The third-order valence-electron chi connectivity index (χ3n) is 4.22. The van der Waals surface area contributed by atoms with Gasteiger partial charge in [-0.1, -0.05) is 11.6 Å². The van der Waals surface area contributed by atoms with Gasteiger partial charge >= 0.3 is 0 Å². The molecule has 0 aliphatic carbocycles. The molecule has 0 spiro atoms. The molecule has 22 heavy (non-hydrogen) atoms. The molecule has 1 saturated heterocycles. The predicted octanol–water partition coefficient (Wildman–Crippen LogP) is 3.66. The Bertz CT molecular complexity index is 706. The molecule has 0 saturated carbocycles. The lowest BCUT2D eigenvalue weighted by Crippen LogP contribution is -2.32. The van der Waals surface area contributed by atoms with Crippen molar-refractivity contribution in [1.29, 1.82) is 0 Å². The van der Waals surface area contributed by atoms with E-state index in [1.54, 1.807) is 16.0 Å². The van der Waals surface area contributed by atoms with E-state index in [0.29, 0.717) is 11.6 Å². The van der Waals surface area contributed by atoms with Crippen molar-refractivity contribution < 1.29 is 4.79 Å². The zero-order valence-corrected chi connectivity index (χ0v) is 14.7. The summed E-state index contributed by atoms with van der Waals surface area (Å²) >= 11 is 8.08. The van der Waals surface area contributed by atoms with Crippen molar-refractivity contribution in [2.75, 3.05) is 6.54 Å². The highest BCUT2D eigenvalue weighted by molar-refractivity contribution is 7.12. The number of amides is 1. The molecule has 3 rings (SSSR count). The summed E-state index contributed by atoms with van der Waals surface area (Å²) < 4.78 is 1.69. The van der Waals surface area contributed by atoms with Crippen LogP contribution < -0.4 is 0 Å². The molecule has 1 amide bonds. The van der Waals surface area contributed by atoms with Gasteiger partial charge in [0.05, 0.1) is 18.2 Å². The first-order chi connectivity index (χ1) is 10.5. The fourth-order valence-corrected chi connectivity index (χ4v) is 4.40. The number of carbonyl (C=O) groups excluding carboxylic acids is 1. The minimum atomic E-state index is 0.0646. The molecule has 1 atom stereocenters. The molecule has 6 heteroatoms. The van der Waals surface area contributed by atoms with Gasteiger partial charge in [0.1, 0.15) is 5.15 Å². The molecule has 1 fully saturated rings. The predicted molar refractivity (Wildman–Crippen MR) is 89.4 cm³/mol. The molecular weight excluding hydrogens is 318 g/mol. The minimum absolute atomic E-state index is 0.0646. The zero-order chi connectivity index (χ0) is 15.9. The van der Waals surface area contributed by atoms with Crippen LogP contribution in [0.3, 0.4) is 0 Å². The molecule has 0 unspecified atom stereocenters. The van der Waals surface area contributed by atoms with E-state index in [-0.39, 0.29) is 11.9 Å². The van der Waals surface area contributed by atoms with Gasteiger partial charge in [0, 0.05) is 28.9 Å². The topological polar surface area (TPSA) is 38.1 Å². The minimum Gasteiger partial charge on any atom is -0.335 e. The van der Waals surface area contributed by atoms with Crippen LogP contribution in [0, 0.1) is 13.8 Å². The van der Waals surface area contributed by atoms with E-state index in [9.17, 15) is 4.79 Å². The summed E-state index contributed by atoms with van der Waals surface area (Å²) in [6, 6.07) is 4.18. The van der Waals surface area contributed by atoms with Crippen molar-refractivity contribution in [2.45, 2.75) is 39.2 Å². The summed E-state index contributed by atoms with van der Waals surface area (Å²) in [6.07, 6.45) is 2.46. The Hall–Kier alpha value is -1.33. The van der Waals surface area contributed by atoms with Crippen molar-refractivity contribution in [3.8, 4) is 0 Å². The second-order valence-corrected chi connectivity index (χ2v) is 7.58. The van der Waals surface area contributed by atoms with Gasteiger partial charge in [-0.15, -0.1) is 11.3 Å². The molecule has 0 N–H and O–H groups in total. The highest BCUT2D eigenvalue weighted by atomic mass is 35.5. The molecule has 4 nitrogen and oxygen atoms in total. The SMILES string of the molecule is Cc1ccc(CC(=O)N2CCC[C@@H]2c2c(C)nn(C)c2Cl)s1. The maximum atomic E-state index is 12.7. The smallest absolute Gasteiger partial charge is 0.228 e. The molecule has 0 bridgehead atoms. The normalized spacial score (nSPS) is 18.2. The standard InChI is InChI=1S/C16H20ClN3OS/c1-10-6-7-12(22-10)9-14(21)20-8-4-5-13(20)15-11(2)18-19(3)16(15)17/h6-7,13H,4-5,8-9H2,1-3H3/t13-/m1/s1. The fourth-order valence-electron chi connectivity index (χ4n) is 3.22. The molecule has 0 radical (unpaired) electrons. The summed E-state index contributed by atoms with van der Waals surface area (Å²) in [4.78, 5) is 17.0. The van der Waals surface area contributed by atoms with Crippen LogP contribution in [0.5, 0.6) is 0 Å². The van der Waals surface area contributed by atoms with Crippen molar-refractivity contribution >= 4 is 28.8 Å². The van der Waals surface area contributed by atoms with E-state index >= 15 is 0 Å². The summed E-state index contributed by atoms with van der Waals surface area (Å²) in [7, 11) is 1.84. The highest BCUT2D eigenvalue weighted by Gasteiger charge is 2.34. The van der Waals surface area contributed by atoms with Crippen molar-refractivity contribution in [3.63, 3.8) is 0 Å². The van der Waals surface area contributed by atoms with E-state index in [1.165, 1.54) is 4.88 Å². The van der Waals surface area contributed by atoms with E-state index in [1.807, 2.05) is 24.9 Å². The van der Waals surface area contributed by atoms with Gasteiger partial charge in [0.15, 0.2) is 0 Å². The number of halogens is 1. The summed E-state index contributed by atoms with van der Waals surface area (Å²) in [6.45, 7) is 4.83. The Kier molecular flexibility index (Phi) is 4.28. The molecule has 1 aliphatic rings. The number of carbonyl (C=O) groups is 1. The van der Waals surface area contributed by atoms with Crippen LogP contribution in [0.1, 0.15) is 39.9 Å². The second-order valence-electron chi connectivity index (χ2n) is 5.85. The van der Waals surface area contributed by atoms with Gasteiger partial charge in [0.25, 0.3) is 0 Å². The van der Waals surface area contributed by atoms with E-state index < -0.39 is 0 Å². The fraction of sp³-hybridized carbons (Fsp3) is 0.500. The number of rotatable bonds is 3. The Morgan fingerprint density at radius 1 is 1.45 bits per heavy atom. The quantitative estimate of drug-likeness (QED) is 0.857. The largest absolute Gasteiger partial charge is 0.335 e. The first kappa shape index (κ1) is 15.6. The van der Waals surface area contributed by atoms with Crippen molar-refractivity contribution in [1.82, 2.24) is 14.7 Å².